The number of nitrogens with one attached hydrogen (secondary N) is 1. The first kappa shape index (κ1) is 15.1. The molecule has 0 atom stereocenters. The Labute approximate surface area is 127 Å². The fourth-order valence-corrected chi connectivity index (χ4v) is 2.38. The predicted octanol–water partition coefficient (Wildman–Crippen LogP) is 4.54. The Hall–Kier alpha value is -1.31. The van der Waals surface area contributed by atoms with E-state index in [1.807, 2.05) is 0 Å². The van der Waals surface area contributed by atoms with Gasteiger partial charge in [-0.3, -0.25) is 0 Å². The summed E-state index contributed by atoms with van der Waals surface area (Å²) in [6.07, 6.45) is 3.63. The average Bonchev–Trinajstić information content (AvgIpc) is 2.52. The number of unbranched alkanes of at least 4 members (excludes halogenated alkanes) is 1. The van der Waals surface area contributed by atoms with Crippen LogP contribution in [-0.2, 0) is 18.8 Å². The van der Waals surface area contributed by atoms with Gasteiger partial charge in [-0.2, -0.15) is 0 Å². The number of hydrogen-bond acceptors (Lipinski definition) is 1. The van der Waals surface area contributed by atoms with Gasteiger partial charge in [-0.25, -0.2) is 0 Å². The average molecular weight is 288 g/mol. The molecule has 2 aromatic rings. The van der Waals surface area contributed by atoms with Crippen molar-refractivity contribution < 1.29 is 0 Å². The quantitative estimate of drug-likeness (QED) is 0.555. The van der Waals surface area contributed by atoms with Gasteiger partial charge < -0.3 is 5.32 Å². The molecule has 1 N–H and O–H groups in total. The summed E-state index contributed by atoms with van der Waals surface area (Å²) in [5, 5.41) is 3.49. The van der Waals surface area contributed by atoms with Crippen LogP contribution in [0.3, 0.4) is 0 Å². The molecule has 0 unspecified atom stereocenters. The minimum atomic E-state index is 0.590. The van der Waals surface area contributed by atoms with Gasteiger partial charge in [-0.15, -0.1) is 11.6 Å². The first-order valence-corrected chi connectivity index (χ1v) is 7.80. The Balaban J connectivity index is 1.57. The highest BCUT2D eigenvalue weighted by atomic mass is 35.5. The second kappa shape index (κ2) is 8.78. The van der Waals surface area contributed by atoms with E-state index in [0.29, 0.717) is 5.88 Å². The molecule has 2 heteroatoms. The molecule has 0 bridgehead atoms. The van der Waals surface area contributed by atoms with Crippen molar-refractivity contribution in [3.8, 4) is 0 Å². The van der Waals surface area contributed by atoms with Crippen LogP contribution in [0.1, 0.15) is 29.5 Å². The van der Waals surface area contributed by atoms with Crippen LogP contribution >= 0.6 is 11.6 Å². The molecule has 0 aliphatic heterocycles. The second-order valence-corrected chi connectivity index (χ2v) is 5.34. The highest BCUT2D eigenvalue weighted by Crippen LogP contribution is 2.07. The topological polar surface area (TPSA) is 12.0 Å². The Morgan fingerprint density at radius 1 is 0.750 bits per heavy atom. The van der Waals surface area contributed by atoms with Gasteiger partial charge in [0, 0.05) is 12.4 Å². The summed E-state index contributed by atoms with van der Waals surface area (Å²) in [7, 11) is 0. The van der Waals surface area contributed by atoms with E-state index in [9.17, 15) is 0 Å². The van der Waals surface area contributed by atoms with Crippen LogP contribution in [0.15, 0.2) is 54.6 Å². The number of hydrogen-bond donors (Lipinski definition) is 1. The van der Waals surface area contributed by atoms with E-state index >= 15 is 0 Å². The second-order valence-electron chi connectivity index (χ2n) is 5.07. The molecular weight excluding hydrogens is 266 g/mol. The van der Waals surface area contributed by atoms with Crippen LogP contribution in [0.2, 0.25) is 0 Å². The number of benzene rings is 2. The maximum atomic E-state index is 5.78. The molecule has 2 aromatic carbocycles. The summed E-state index contributed by atoms with van der Waals surface area (Å²) in [4.78, 5) is 0. The minimum Gasteiger partial charge on any atom is -0.313 e. The van der Waals surface area contributed by atoms with Gasteiger partial charge in [-0.05, 0) is 42.5 Å². The third-order valence-corrected chi connectivity index (χ3v) is 3.73. The maximum Gasteiger partial charge on any atom is 0.0474 e. The number of aryl methyl sites for hydroxylation is 1. The summed E-state index contributed by atoms with van der Waals surface area (Å²) in [6.45, 7) is 2.01. The highest BCUT2D eigenvalue weighted by molar-refractivity contribution is 6.17. The number of alkyl halides is 1. The van der Waals surface area contributed by atoms with Gasteiger partial charge in [-0.1, -0.05) is 54.6 Å². The lowest BCUT2D eigenvalue weighted by molar-refractivity contribution is 0.623. The molecule has 0 aromatic heterocycles. The summed E-state index contributed by atoms with van der Waals surface area (Å²) < 4.78 is 0. The molecule has 106 valence electrons. The van der Waals surface area contributed by atoms with Gasteiger partial charge in [0.1, 0.15) is 0 Å². The van der Waals surface area contributed by atoms with Crippen LogP contribution < -0.4 is 5.32 Å². The van der Waals surface area contributed by atoms with Crippen LogP contribution in [0.4, 0.5) is 0 Å². The Bertz CT molecular complexity index is 479. The summed E-state index contributed by atoms with van der Waals surface area (Å²) >= 11 is 5.78. The van der Waals surface area contributed by atoms with E-state index in [2.05, 4.69) is 59.9 Å². The van der Waals surface area contributed by atoms with E-state index in [4.69, 9.17) is 11.6 Å². The molecule has 0 amide bonds. The Kier molecular flexibility index (Phi) is 6.62. The number of halogens is 1. The van der Waals surface area contributed by atoms with Gasteiger partial charge in [0.15, 0.2) is 0 Å². The van der Waals surface area contributed by atoms with Crippen molar-refractivity contribution >= 4 is 11.6 Å². The molecule has 0 aliphatic carbocycles. The van der Waals surface area contributed by atoms with Gasteiger partial charge in [0.25, 0.3) is 0 Å². The van der Waals surface area contributed by atoms with Crippen molar-refractivity contribution in [2.75, 3.05) is 6.54 Å². The molecule has 0 saturated carbocycles. The van der Waals surface area contributed by atoms with Crippen LogP contribution in [-0.4, -0.2) is 6.54 Å². The summed E-state index contributed by atoms with van der Waals surface area (Å²) in [6, 6.07) is 19.2. The molecule has 0 heterocycles. The van der Waals surface area contributed by atoms with E-state index in [1.165, 1.54) is 36.0 Å². The number of rotatable bonds is 8. The molecule has 20 heavy (non-hydrogen) atoms. The van der Waals surface area contributed by atoms with Crippen LogP contribution in [0, 0.1) is 0 Å². The lowest BCUT2D eigenvalue weighted by Gasteiger charge is -2.06. The lowest BCUT2D eigenvalue weighted by atomic mass is 10.1. The fraction of sp³-hybridized carbons (Fsp3) is 0.333. The highest BCUT2D eigenvalue weighted by Gasteiger charge is 1.95. The van der Waals surface area contributed by atoms with E-state index < -0.39 is 0 Å². The van der Waals surface area contributed by atoms with Crippen molar-refractivity contribution in [1.29, 1.82) is 0 Å². The smallest absolute Gasteiger partial charge is 0.0474 e. The molecule has 0 radical (unpaired) electrons. The van der Waals surface area contributed by atoms with Gasteiger partial charge in [0.05, 0.1) is 0 Å². The molecule has 2 rings (SSSR count). The first-order valence-electron chi connectivity index (χ1n) is 7.27. The zero-order valence-corrected chi connectivity index (χ0v) is 12.6. The fourth-order valence-electron chi connectivity index (χ4n) is 2.20. The maximum absolute atomic E-state index is 5.78. The van der Waals surface area contributed by atoms with E-state index in [-0.39, 0.29) is 0 Å². The Morgan fingerprint density at radius 2 is 1.45 bits per heavy atom. The van der Waals surface area contributed by atoms with Crippen LogP contribution in [0.25, 0.3) is 0 Å². The Morgan fingerprint density at radius 3 is 2.15 bits per heavy atom. The third kappa shape index (κ3) is 5.36. The minimum absolute atomic E-state index is 0.590. The monoisotopic (exact) mass is 287 g/mol. The lowest BCUT2D eigenvalue weighted by Crippen LogP contribution is -2.14. The third-order valence-electron chi connectivity index (χ3n) is 3.42. The van der Waals surface area contributed by atoms with Crippen LogP contribution in [0.5, 0.6) is 0 Å². The SMILES string of the molecule is ClCc1ccc(CNCCCCc2ccccc2)cc1. The summed E-state index contributed by atoms with van der Waals surface area (Å²) in [5.74, 6) is 0.590. The predicted molar refractivity (Wildman–Crippen MR) is 87.1 cm³/mol. The zero-order valence-electron chi connectivity index (χ0n) is 11.8. The van der Waals surface area contributed by atoms with Gasteiger partial charge in [0.2, 0.25) is 0 Å². The molecule has 0 fully saturated rings. The van der Waals surface area contributed by atoms with E-state index in [1.54, 1.807) is 0 Å². The molecule has 1 nitrogen and oxygen atoms in total. The molecule has 0 spiro atoms. The first-order chi connectivity index (χ1) is 9.88. The molecule has 0 saturated heterocycles. The van der Waals surface area contributed by atoms with Crippen molar-refractivity contribution in [3.05, 3.63) is 71.3 Å². The van der Waals surface area contributed by atoms with Crippen molar-refractivity contribution in [1.82, 2.24) is 5.32 Å². The largest absolute Gasteiger partial charge is 0.313 e. The standard InChI is InChI=1S/C18H22ClN/c19-14-17-9-11-18(12-10-17)15-20-13-5-4-8-16-6-2-1-3-7-16/h1-3,6-7,9-12,20H,4-5,8,13-15H2. The normalized spacial score (nSPS) is 10.7. The zero-order chi connectivity index (χ0) is 14.0. The van der Waals surface area contributed by atoms with Crippen molar-refractivity contribution in [2.24, 2.45) is 0 Å². The summed E-state index contributed by atoms with van der Waals surface area (Å²) in [5.41, 5.74) is 3.93. The molecule has 0 aliphatic rings. The van der Waals surface area contributed by atoms with E-state index in [0.717, 1.165) is 13.1 Å². The van der Waals surface area contributed by atoms with Gasteiger partial charge >= 0.3 is 0 Å². The van der Waals surface area contributed by atoms with Crippen molar-refractivity contribution in [2.45, 2.75) is 31.7 Å². The van der Waals surface area contributed by atoms with Crippen molar-refractivity contribution in [3.63, 3.8) is 0 Å². The molecular formula is C18H22ClN.